The first kappa shape index (κ1) is 14.1. The van der Waals surface area contributed by atoms with Crippen LogP contribution in [-0.2, 0) is 4.74 Å². The minimum Gasteiger partial charge on any atom is -0.462 e. The number of likely N-dealkylation sites (N-methyl/N-ethyl adjacent to an activating group) is 1. The van der Waals surface area contributed by atoms with Crippen LogP contribution in [0.3, 0.4) is 0 Å². The fraction of sp³-hybridized carbons (Fsp3) is 0.667. The normalized spacial score (nSPS) is 19.6. The second kappa shape index (κ2) is 6.21. The molecule has 106 valence electrons. The molecular weight excluding hydrogens is 264 g/mol. The molecule has 0 amide bonds. The van der Waals surface area contributed by atoms with E-state index in [1.807, 2.05) is 0 Å². The number of nitrogens with one attached hydrogen (secondary N) is 1. The number of rotatable bonds is 5. The van der Waals surface area contributed by atoms with Gasteiger partial charge in [-0.05, 0) is 44.9 Å². The Hall–Kier alpha value is -1.34. The highest BCUT2D eigenvalue weighted by molar-refractivity contribution is 7.11. The number of likely N-dealkylation sites (tertiary alicyclic amines) is 1. The maximum atomic E-state index is 11.8. The lowest BCUT2D eigenvalue weighted by molar-refractivity contribution is 0.0529. The van der Waals surface area contributed by atoms with Crippen LogP contribution in [0, 0.1) is 0 Å². The summed E-state index contributed by atoms with van der Waals surface area (Å²) in [5.41, 5.74) is 6.10. The zero-order valence-electron chi connectivity index (χ0n) is 11.3. The molecule has 2 rings (SSSR count). The van der Waals surface area contributed by atoms with Gasteiger partial charge in [-0.25, -0.2) is 4.79 Å². The highest BCUT2D eigenvalue weighted by Gasteiger charge is 2.24. The van der Waals surface area contributed by atoms with Crippen molar-refractivity contribution in [1.29, 1.82) is 0 Å². The molecule has 7 heteroatoms. The monoisotopic (exact) mass is 284 g/mol. The van der Waals surface area contributed by atoms with Gasteiger partial charge in [-0.2, -0.15) is 4.37 Å². The van der Waals surface area contributed by atoms with Crippen LogP contribution in [-0.4, -0.2) is 48.0 Å². The maximum absolute atomic E-state index is 11.8. The van der Waals surface area contributed by atoms with Crippen LogP contribution in [0.5, 0.6) is 0 Å². The zero-order valence-corrected chi connectivity index (χ0v) is 12.1. The number of nitrogens with two attached hydrogens (primary N) is 1. The van der Waals surface area contributed by atoms with Gasteiger partial charge in [-0.1, -0.05) is 0 Å². The van der Waals surface area contributed by atoms with Gasteiger partial charge in [0, 0.05) is 12.6 Å². The van der Waals surface area contributed by atoms with Crippen molar-refractivity contribution in [3.8, 4) is 0 Å². The molecule has 1 unspecified atom stereocenters. The van der Waals surface area contributed by atoms with E-state index >= 15 is 0 Å². The van der Waals surface area contributed by atoms with Gasteiger partial charge >= 0.3 is 5.97 Å². The number of aromatic nitrogens is 1. The number of nitrogens with zero attached hydrogens (tertiary/aromatic N) is 2. The largest absolute Gasteiger partial charge is 0.462 e. The first-order valence-electron chi connectivity index (χ1n) is 6.49. The van der Waals surface area contributed by atoms with Crippen LogP contribution < -0.4 is 11.1 Å². The molecule has 0 bridgehead atoms. The molecule has 0 saturated carbocycles. The van der Waals surface area contributed by atoms with E-state index in [0.29, 0.717) is 23.2 Å². The van der Waals surface area contributed by atoms with E-state index < -0.39 is 5.97 Å². The van der Waals surface area contributed by atoms with E-state index in [0.717, 1.165) is 13.1 Å². The van der Waals surface area contributed by atoms with Crippen LogP contribution in [0.25, 0.3) is 0 Å². The summed E-state index contributed by atoms with van der Waals surface area (Å²) in [5, 5.41) is 3.98. The third kappa shape index (κ3) is 3.16. The lowest BCUT2D eigenvalue weighted by Crippen LogP contribution is -2.31. The summed E-state index contributed by atoms with van der Waals surface area (Å²) in [4.78, 5) is 14.1. The molecule has 0 aliphatic carbocycles. The number of carbonyl (C=O) groups is 1. The van der Waals surface area contributed by atoms with Crippen LogP contribution >= 0.6 is 11.5 Å². The van der Waals surface area contributed by atoms with Crippen molar-refractivity contribution in [3.05, 3.63) is 5.56 Å². The average Bonchev–Trinajstić information content (AvgIpc) is 2.93. The number of anilines is 2. The van der Waals surface area contributed by atoms with Gasteiger partial charge in [0.1, 0.15) is 10.6 Å². The Kier molecular flexibility index (Phi) is 4.60. The highest BCUT2D eigenvalue weighted by atomic mass is 32.1. The van der Waals surface area contributed by atoms with Crippen molar-refractivity contribution in [1.82, 2.24) is 9.27 Å². The fourth-order valence-electron chi connectivity index (χ4n) is 2.27. The van der Waals surface area contributed by atoms with Crippen LogP contribution in [0.2, 0.25) is 0 Å². The molecule has 19 heavy (non-hydrogen) atoms. The zero-order chi connectivity index (χ0) is 13.8. The lowest BCUT2D eigenvalue weighted by atomic mass is 10.2. The molecule has 3 N–H and O–H groups in total. The molecule has 1 saturated heterocycles. The summed E-state index contributed by atoms with van der Waals surface area (Å²) in [7, 11) is 2.12. The van der Waals surface area contributed by atoms with Gasteiger partial charge < -0.3 is 20.7 Å². The van der Waals surface area contributed by atoms with Crippen molar-refractivity contribution < 1.29 is 9.53 Å². The molecule has 1 aliphatic rings. The van der Waals surface area contributed by atoms with E-state index in [1.165, 1.54) is 24.4 Å². The molecule has 1 aliphatic heterocycles. The van der Waals surface area contributed by atoms with Gasteiger partial charge in [0.05, 0.1) is 6.61 Å². The van der Waals surface area contributed by atoms with E-state index in [4.69, 9.17) is 10.5 Å². The third-order valence-corrected chi connectivity index (χ3v) is 4.19. The average molecular weight is 284 g/mol. The van der Waals surface area contributed by atoms with Gasteiger partial charge in [0.25, 0.3) is 0 Å². The Morgan fingerprint density at radius 2 is 2.47 bits per heavy atom. The molecule has 1 fully saturated rings. The molecular formula is C12H20N4O2S. The van der Waals surface area contributed by atoms with Crippen molar-refractivity contribution in [3.63, 3.8) is 0 Å². The number of ether oxygens (including phenoxy) is 1. The molecule has 1 atom stereocenters. The fourth-order valence-corrected chi connectivity index (χ4v) is 2.98. The predicted molar refractivity (Wildman–Crippen MR) is 76.6 cm³/mol. The minimum absolute atomic E-state index is 0.241. The first-order chi connectivity index (χ1) is 9.13. The molecule has 2 heterocycles. The van der Waals surface area contributed by atoms with Crippen molar-refractivity contribution >= 4 is 28.3 Å². The van der Waals surface area contributed by atoms with Crippen molar-refractivity contribution in [2.24, 2.45) is 0 Å². The van der Waals surface area contributed by atoms with Crippen molar-refractivity contribution in [2.45, 2.75) is 25.8 Å². The van der Waals surface area contributed by atoms with Gasteiger partial charge in [-0.15, -0.1) is 0 Å². The SMILES string of the molecule is CCOC(=O)c1c(N)nsc1NCC1CCCN1C. The van der Waals surface area contributed by atoms with Crippen LogP contribution in [0.15, 0.2) is 0 Å². The van der Waals surface area contributed by atoms with Crippen LogP contribution in [0.4, 0.5) is 10.8 Å². The van der Waals surface area contributed by atoms with Gasteiger partial charge in [-0.3, -0.25) is 0 Å². The molecule has 1 aromatic rings. The number of nitrogen functional groups attached to an aromatic ring is 1. The summed E-state index contributed by atoms with van der Waals surface area (Å²) in [6, 6.07) is 0.498. The molecule has 1 aromatic heterocycles. The smallest absolute Gasteiger partial charge is 0.344 e. The lowest BCUT2D eigenvalue weighted by Gasteiger charge is -2.19. The standard InChI is InChI=1S/C12H20N4O2S/c1-3-18-12(17)9-10(13)15-19-11(9)14-7-8-5-4-6-16(8)2/h8,14H,3-7H2,1-2H3,(H2,13,15). The number of hydrogen-bond donors (Lipinski definition) is 2. The summed E-state index contributed by atoms with van der Waals surface area (Å²) < 4.78 is 9.02. The maximum Gasteiger partial charge on any atom is 0.344 e. The Morgan fingerprint density at radius 3 is 3.11 bits per heavy atom. The van der Waals surface area contributed by atoms with Gasteiger partial charge in [0.2, 0.25) is 0 Å². The van der Waals surface area contributed by atoms with Crippen molar-refractivity contribution in [2.75, 3.05) is 37.8 Å². The quantitative estimate of drug-likeness (QED) is 0.796. The summed E-state index contributed by atoms with van der Waals surface area (Å²) in [6.07, 6.45) is 2.39. The van der Waals surface area contributed by atoms with E-state index in [9.17, 15) is 4.79 Å². The second-order valence-corrected chi connectivity index (χ2v) is 5.42. The van der Waals surface area contributed by atoms with E-state index in [2.05, 4.69) is 21.6 Å². The van der Waals surface area contributed by atoms with Gasteiger partial charge in [0.15, 0.2) is 5.82 Å². The van der Waals surface area contributed by atoms with E-state index in [1.54, 1.807) is 6.92 Å². The summed E-state index contributed by atoms with van der Waals surface area (Å²) >= 11 is 1.21. The number of esters is 1. The molecule has 0 aromatic carbocycles. The van der Waals surface area contributed by atoms with Crippen LogP contribution in [0.1, 0.15) is 30.1 Å². The first-order valence-corrected chi connectivity index (χ1v) is 7.27. The number of carbonyl (C=O) groups excluding carboxylic acids is 1. The summed E-state index contributed by atoms with van der Waals surface area (Å²) in [6.45, 7) is 4.03. The molecule has 6 nitrogen and oxygen atoms in total. The number of hydrogen-bond acceptors (Lipinski definition) is 7. The Balaban J connectivity index is 2.02. The second-order valence-electron chi connectivity index (χ2n) is 4.65. The Labute approximate surface area is 117 Å². The Morgan fingerprint density at radius 1 is 1.68 bits per heavy atom. The van der Waals surface area contributed by atoms with E-state index in [-0.39, 0.29) is 5.82 Å². The topological polar surface area (TPSA) is 80.5 Å². The molecule has 0 radical (unpaired) electrons. The highest BCUT2D eigenvalue weighted by Crippen LogP contribution is 2.28. The molecule has 0 spiro atoms. The predicted octanol–water partition coefficient (Wildman–Crippen LogP) is 1.41. The summed E-state index contributed by atoms with van der Waals surface area (Å²) in [5.74, 6) is -0.165. The Bertz CT molecular complexity index is 449. The third-order valence-electron chi connectivity index (χ3n) is 3.37. The minimum atomic E-state index is -0.406.